The van der Waals surface area contributed by atoms with Crippen LogP contribution in [0.15, 0.2) is 24.5 Å². The van der Waals surface area contributed by atoms with Crippen molar-refractivity contribution < 1.29 is 28.2 Å². The molecule has 0 saturated carbocycles. The Labute approximate surface area is 104 Å². The maximum absolute atomic E-state index is 11.3. The third-order valence-electron chi connectivity index (χ3n) is 1.78. The molecule has 0 aromatic carbocycles. The molecule has 3 N–H and O–H groups in total. The fourth-order valence-electron chi connectivity index (χ4n) is 1.08. The second-order valence-electron chi connectivity index (χ2n) is 3.34. The van der Waals surface area contributed by atoms with Gasteiger partial charge in [-0.25, -0.2) is 0 Å². The van der Waals surface area contributed by atoms with Gasteiger partial charge in [-0.1, -0.05) is 0 Å². The zero-order valence-electron chi connectivity index (χ0n) is 9.30. The van der Waals surface area contributed by atoms with E-state index in [0.29, 0.717) is 0 Å². The van der Waals surface area contributed by atoms with E-state index < -0.39 is 27.4 Å². The number of carbonyl (C=O) groups excluding carboxylic acids is 1. The molecule has 100 valence electrons. The van der Waals surface area contributed by atoms with E-state index in [1.165, 1.54) is 4.68 Å². The molecule has 0 aliphatic carbocycles. The van der Waals surface area contributed by atoms with Gasteiger partial charge in [0.1, 0.15) is 0 Å². The van der Waals surface area contributed by atoms with Crippen LogP contribution in [0.4, 0.5) is 0 Å². The number of nitrogens with one attached hydrogen (secondary N) is 1. The van der Waals surface area contributed by atoms with E-state index in [0.717, 1.165) is 0 Å². The quantitative estimate of drug-likeness (QED) is 0.642. The van der Waals surface area contributed by atoms with Gasteiger partial charge in [0.25, 0.3) is 5.90 Å². The average molecular weight is 295 g/mol. The molecule has 0 spiro atoms. The molecular weight excluding hydrogens is 282 g/mol. The minimum Gasteiger partial charge on any atom is -0.321 e. The lowest BCUT2D eigenvalue weighted by atomic mass is 10.4. The van der Waals surface area contributed by atoms with Crippen LogP contribution in [-0.2, 0) is 18.4 Å². The highest BCUT2D eigenvalue weighted by Crippen LogP contribution is 2.48. The molecule has 8 nitrogen and oxygen atoms in total. The van der Waals surface area contributed by atoms with Crippen molar-refractivity contribution in [1.29, 1.82) is 0 Å². The van der Waals surface area contributed by atoms with Crippen molar-refractivity contribution in [3.05, 3.63) is 24.5 Å². The van der Waals surface area contributed by atoms with Crippen molar-refractivity contribution in [1.82, 2.24) is 4.68 Å². The topological polar surface area (TPSA) is 118 Å². The minimum absolute atomic E-state index is 0.134. The van der Waals surface area contributed by atoms with Gasteiger partial charge in [-0.3, -0.25) is 19.5 Å². The second-order valence-corrected chi connectivity index (χ2v) is 6.71. The third-order valence-corrected chi connectivity index (χ3v) is 4.76. The lowest BCUT2D eigenvalue weighted by Crippen LogP contribution is -2.22. The van der Waals surface area contributed by atoms with Gasteiger partial charge >= 0.3 is 15.6 Å². The van der Waals surface area contributed by atoms with Crippen molar-refractivity contribution in [2.24, 2.45) is 0 Å². The molecule has 0 fully saturated rings. The average Bonchev–Trinajstić information content (AvgIpc) is 2.67. The highest BCUT2D eigenvalue weighted by atomic mass is 31.2. The van der Waals surface area contributed by atoms with E-state index >= 15 is 0 Å². The molecule has 10 heteroatoms. The van der Waals surface area contributed by atoms with Gasteiger partial charge in [0, 0.05) is 12.4 Å². The Balaban J connectivity index is 2.27. The molecule has 0 aliphatic rings. The Morgan fingerprint density at radius 3 is 2.61 bits per heavy atom. The van der Waals surface area contributed by atoms with Crippen LogP contribution in [0, 0.1) is 0 Å². The Morgan fingerprint density at radius 1 is 1.44 bits per heavy atom. The molecule has 0 radical (unpaired) electrons. The molecule has 1 aromatic rings. The predicted octanol–water partition coefficient (Wildman–Crippen LogP) is 0.842. The van der Waals surface area contributed by atoms with Crippen molar-refractivity contribution in [2.75, 3.05) is 17.9 Å². The maximum Gasteiger partial charge on any atom is 0.518 e. The summed E-state index contributed by atoms with van der Waals surface area (Å²) >= 11 is 0. The van der Waals surface area contributed by atoms with Gasteiger partial charge in [0.15, 0.2) is 0 Å². The lowest BCUT2D eigenvalue weighted by molar-refractivity contribution is -0.117. The number of carbonyl (C=O) groups is 1. The van der Waals surface area contributed by atoms with Crippen LogP contribution >= 0.6 is 15.6 Å². The second kappa shape index (κ2) is 6.78. The van der Waals surface area contributed by atoms with Crippen LogP contribution in [0.2, 0.25) is 0 Å². The molecule has 0 bridgehead atoms. The fourth-order valence-corrected chi connectivity index (χ4v) is 3.01. The monoisotopic (exact) mass is 295 g/mol. The summed E-state index contributed by atoms with van der Waals surface area (Å²) in [4.78, 5) is 28.9. The number of hydrogen-bond donors (Lipinski definition) is 3. The van der Waals surface area contributed by atoms with E-state index in [9.17, 15) is 13.9 Å². The number of nitrogens with zero attached hydrogens (tertiary/aromatic N) is 1. The summed E-state index contributed by atoms with van der Waals surface area (Å²) in [6, 6.07) is 3.44. The zero-order chi connectivity index (χ0) is 13.6. The van der Waals surface area contributed by atoms with Crippen molar-refractivity contribution in [2.45, 2.75) is 6.42 Å². The summed E-state index contributed by atoms with van der Waals surface area (Å²) in [6.07, 6.45) is 3.10. The molecule has 1 aromatic heterocycles. The van der Waals surface area contributed by atoms with Crippen LogP contribution in [0.5, 0.6) is 0 Å². The Hall–Kier alpha value is -1.04. The van der Waals surface area contributed by atoms with Crippen LogP contribution in [0.3, 0.4) is 0 Å². The summed E-state index contributed by atoms with van der Waals surface area (Å²) in [7, 11) is -6.84. The van der Waals surface area contributed by atoms with Crippen LogP contribution in [0.25, 0.3) is 0 Å². The molecule has 0 aliphatic heterocycles. The summed E-state index contributed by atoms with van der Waals surface area (Å²) in [5.41, 5.74) is 2.47. The zero-order valence-corrected chi connectivity index (χ0v) is 11.1. The van der Waals surface area contributed by atoms with Crippen LogP contribution < -0.4 is 5.43 Å². The fraction of sp³-hybridized carbons (Fsp3) is 0.375. The summed E-state index contributed by atoms with van der Waals surface area (Å²) in [6.45, 7) is -0.302. The maximum atomic E-state index is 11.3. The molecule has 1 heterocycles. The molecule has 0 saturated heterocycles. The third kappa shape index (κ3) is 6.05. The van der Waals surface area contributed by atoms with Gasteiger partial charge in [0.2, 0.25) is 5.91 Å². The minimum atomic E-state index is -4.10. The van der Waals surface area contributed by atoms with E-state index in [2.05, 4.69) is 9.95 Å². The molecule has 18 heavy (non-hydrogen) atoms. The Kier molecular flexibility index (Phi) is 5.65. The Bertz CT molecular complexity index is 460. The van der Waals surface area contributed by atoms with Crippen LogP contribution in [0.1, 0.15) is 6.42 Å². The van der Waals surface area contributed by atoms with Gasteiger partial charge in [-0.05, 0) is 16.7 Å². The van der Waals surface area contributed by atoms with Crippen LogP contribution in [-0.4, -0.2) is 32.9 Å². The largest absolute Gasteiger partial charge is 0.518 e. The predicted molar refractivity (Wildman–Crippen MR) is 63.9 cm³/mol. The number of amides is 1. The number of rotatable bonds is 7. The van der Waals surface area contributed by atoms with Crippen molar-refractivity contribution >= 4 is 21.5 Å². The first-order chi connectivity index (χ1) is 8.39. The van der Waals surface area contributed by atoms with Gasteiger partial charge in [0.05, 0.1) is 13.0 Å². The van der Waals surface area contributed by atoms with E-state index in [4.69, 9.17) is 9.79 Å². The van der Waals surface area contributed by atoms with Gasteiger partial charge in [-0.2, -0.15) is 4.89 Å². The molecule has 1 rings (SSSR count). The van der Waals surface area contributed by atoms with E-state index in [-0.39, 0.29) is 13.0 Å². The van der Waals surface area contributed by atoms with E-state index in [1.807, 2.05) is 0 Å². The first-order valence-corrected chi connectivity index (χ1v) is 8.08. The smallest absolute Gasteiger partial charge is 0.321 e. The highest BCUT2D eigenvalue weighted by Gasteiger charge is 2.31. The first kappa shape index (κ1) is 15.0. The number of hydrogen-bond acceptors (Lipinski definition) is 4. The molecule has 2 unspecified atom stereocenters. The summed E-state index contributed by atoms with van der Waals surface area (Å²) in [5, 5.41) is 0. The molecule has 1 amide bonds. The van der Waals surface area contributed by atoms with Crippen molar-refractivity contribution in [3.63, 3.8) is 0 Å². The molecule has 2 atom stereocenters. The van der Waals surface area contributed by atoms with E-state index in [1.54, 1.807) is 24.5 Å². The highest BCUT2D eigenvalue weighted by molar-refractivity contribution is 7.64. The lowest BCUT2D eigenvalue weighted by Gasteiger charge is -2.08. The summed E-state index contributed by atoms with van der Waals surface area (Å²) in [5.74, 6) is -1.23. The van der Waals surface area contributed by atoms with Gasteiger partial charge < -0.3 is 9.42 Å². The number of aromatic nitrogens is 1. The normalized spacial score (nSPS) is 14.9. The van der Waals surface area contributed by atoms with Crippen molar-refractivity contribution in [3.8, 4) is 0 Å². The first-order valence-electron chi connectivity index (χ1n) is 4.92. The molecular formula is C8H13N2O6P2+. The summed E-state index contributed by atoms with van der Waals surface area (Å²) < 4.78 is 27.5. The van der Waals surface area contributed by atoms with Gasteiger partial charge in [-0.15, -0.1) is 0 Å². The SMILES string of the molecule is O=C(CCOP(=O)(O)C[P+](=O)O)Nn1cccc1. The Morgan fingerprint density at radius 2 is 2.06 bits per heavy atom. The standard InChI is InChI=1S/C8H12N2O6P2/c11-8(9-10-4-1-2-5-10)3-6-16-18(14,15)7-17(12)13/h1-2,4-5H,3,6-7H2,(H2-,9,11,12,13,14,15)/p+1.